The van der Waals surface area contributed by atoms with Crippen molar-refractivity contribution in [1.82, 2.24) is 9.78 Å². The first-order chi connectivity index (χ1) is 9.22. The molecule has 0 spiro atoms. The van der Waals surface area contributed by atoms with Crippen LogP contribution in [0.4, 0.5) is 0 Å². The Kier molecular flexibility index (Phi) is 3.78. The number of hydrogen-bond acceptors (Lipinski definition) is 3. The molecule has 1 heterocycles. The molecule has 2 saturated carbocycles. The Labute approximate surface area is 114 Å². The average molecular weight is 264 g/mol. The molecule has 2 aliphatic rings. The molecule has 2 aliphatic carbocycles. The topological polar surface area (TPSA) is 47.3 Å². The monoisotopic (exact) mass is 264 g/mol. The first-order valence-corrected chi connectivity index (χ1v) is 7.56. The molecule has 106 valence electrons. The number of fused-ring (bicyclic) bond motifs is 1. The molecular formula is C15H24N2O2. The minimum Gasteiger partial charge on any atom is -0.484 e. The van der Waals surface area contributed by atoms with Crippen molar-refractivity contribution in [2.24, 2.45) is 18.9 Å². The molecule has 19 heavy (non-hydrogen) atoms. The lowest BCUT2D eigenvalue weighted by molar-refractivity contribution is 0.0216. The van der Waals surface area contributed by atoms with Crippen LogP contribution in [-0.2, 0) is 7.05 Å². The summed E-state index contributed by atoms with van der Waals surface area (Å²) in [5, 5.41) is 14.4. The summed E-state index contributed by atoms with van der Waals surface area (Å²) in [4.78, 5) is 0. The van der Waals surface area contributed by atoms with E-state index >= 15 is 0 Å². The summed E-state index contributed by atoms with van der Waals surface area (Å²) in [6.45, 7) is 0. The van der Waals surface area contributed by atoms with Gasteiger partial charge in [0, 0.05) is 7.05 Å². The van der Waals surface area contributed by atoms with E-state index in [1.54, 1.807) is 10.9 Å². The zero-order valence-electron chi connectivity index (χ0n) is 11.7. The predicted molar refractivity (Wildman–Crippen MR) is 72.9 cm³/mol. The zero-order chi connectivity index (χ0) is 13.2. The quantitative estimate of drug-likeness (QED) is 0.893. The Morgan fingerprint density at radius 1 is 1.21 bits per heavy atom. The molecule has 0 amide bonds. The molecule has 0 aliphatic heterocycles. The lowest BCUT2D eigenvalue weighted by Gasteiger charge is -2.24. The van der Waals surface area contributed by atoms with Gasteiger partial charge < -0.3 is 9.84 Å². The molecule has 0 bridgehead atoms. The van der Waals surface area contributed by atoms with Gasteiger partial charge in [-0.2, -0.15) is 5.10 Å². The van der Waals surface area contributed by atoms with E-state index in [9.17, 15) is 5.11 Å². The van der Waals surface area contributed by atoms with Gasteiger partial charge in [-0.05, 0) is 37.5 Å². The van der Waals surface area contributed by atoms with E-state index in [1.807, 2.05) is 13.2 Å². The standard InChI is InChI=1S/C15H24N2O2/c1-17-10-13(9-16-17)19-15-7-3-5-12-8-11(12)4-2-6-14(15)18/h9-12,14-15,18H,2-8H2,1H3/t11-,12-,14-,15-/m1/s1. The molecule has 4 heteroatoms. The van der Waals surface area contributed by atoms with E-state index in [0.717, 1.165) is 36.8 Å². The number of hydrogen-bond donors (Lipinski definition) is 1. The number of aromatic nitrogens is 2. The summed E-state index contributed by atoms with van der Waals surface area (Å²) in [5.41, 5.74) is 0. The van der Waals surface area contributed by atoms with Gasteiger partial charge in [0.1, 0.15) is 6.10 Å². The molecule has 0 radical (unpaired) electrons. The van der Waals surface area contributed by atoms with E-state index in [0.29, 0.717) is 0 Å². The average Bonchev–Trinajstić information content (AvgIpc) is 3.00. The highest BCUT2D eigenvalue weighted by atomic mass is 16.5. The maximum Gasteiger partial charge on any atom is 0.157 e. The summed E-state index contributed by atoms with van der Waals surface area (Å²) in [7, 11) is 1.88. The number of aliphatic hydroxyl groups is 1. The van der Waals surface area contributed by atoms with E-state index in [1.165, 1.54) is 25.7 Å². The summed E-state index contributed by atoms with van der Waals surface area (Å²) >= 11 is 0. The molecule has 3 rings (SSSR count). The highest BCUT2D eigenvalue weighted by molar-refractivity contribution is 5.12. The fraction of sp³-hybridized carbons (Fsp3) is 0.800. The first kappa shape index (κ1) is 13.0. The van der Waals surface area contributed by atoms with Crippen molar-refractivity contribution in [2.45, 2.75) is 57.2 Å². The third-order valence-electron chi connectivity index (χ3n) is 4.61. The van der Waals surface area contributed by atoms with Gasteiger partial charge in [-0.15, -0.1) is 0 Å². The van der Waals surface area contributed by atoms with Crippen LogP contribution in [0.15, 0.2) is 12.4 Å². The molecule has 4 nitrogen and oxygen atoms in total. The van der Waals surface area contributed by atoms with Crippen LogP contribution in [0, 0.1) is 11.8 Å². The molecule has 1 aromatic heterocycles. The number of aliphatic hydroxyl groups excluding tert-OH is 1. The van der Waals surface area contributed by atoms with Crippen LogP contribution in [-0.4, -0.2) is 27.1 Å². The number of nitrogens with zero attached hydrogens (tertiary/aromatic N) is 2. The van der Waals surface area contributed by atoms with Crippen molar-refractivity contribution in [3.8, 4) is 5.75 Å². The Morgan fingerprint density at radius 3 is 2.63 bits per heavy atom. The molecule has 1 aromatic rings. The smallest absolute Gasteiger partial charge is 0.157 e. The van der Waals surface area contributed by atoms with Crippen LogP contribution in [0.2, 0.25) is 0 Å². The third kappa shape index (κ3) is 3.30. The van der Waals surface area contributed by atoms with Gasteiger partial charge in [0.25, 0.3) is 0 Å². The van der Waals surface area contributed by atoms with Gasteiger partial charge in [0.15, 0.2) is 5.75 Å². The third-order valence-corrected chi connectivity index (χ3v) is 4.61. The highest BCUT2D eigenvalue weighted by Crippen LogP contribution is 2.46. The number of rotatable bonds is 2. The Hall–Kier alpha value is -1.03. The second-order valence-corrected chi connectivity index (χ2v) is 6.19. The Bertz CT molecular complexity index is 418. The van der Waals surface area contributed by atoms with Gasteiger partial charge in [-0.25, -0.2) is 0 Å². The zero-order valence-corrected chi connectivity index (χ0v) is 11.7. The first-order valence-electron chi connectivity index (χ1n) is 7.56. The van der Waals surface area contributed by atoms with Crippen molar-refractivity contribution >= 4 is 0 Å². The van der Waals surface area contributed by atoms with Crippen molar-refractivity contribution in [1.29, 1.82) is 0 Å². The number of aryl methyl sites for hydroxylation is 1. The molecule has 1 N–H and O–H groups in total. The second kappa shape index (κ2) is 5.53. The van der Waals surface area contributed by atoms with Crippen molar-refractivity contribution in [3.63, 3.8) is 0 Å². The van der Waals surface area contributed by atoms with E-state index < -0.39 is 0 Å². The summed E-state index contributed by atoms with van der Waals surface area (Å²) in [6, 6.07) is 0. The van der Waals surface area contributed by atoms with Crippen LogP contribution in [0.25, 0.3) is 0 Å². The molecule has 4 atom stereocenters. The van der Waals surface area contributed by atoms with Gasteiger partial charge in [-0.3, -0.25) is 4.68 Å². The predicted octanol–water partition coefficient (Wildman–Crippen LogP) is 2.52. The van der Waals surface area contributed by atoms with Crippen LogP contribution in [0.1, 0.15) is 44.9 Å². The van der Waals surface area contributed by atoms with Crippen LogP contribution < -0.4 is 4.74 Å². The lowest BCUT2D eigenvalue weighted by atomic mass is 9.97. The maximum atomic E-state index is 10.3. The second-order valence-electron chi connectivity index (χ2n) is 6.19. The maximum absolute atomic E-state index is 10.3. The molecule has 0 saturated heterocycles. The normalized spacial score (nSPS) is 35.5. The minimum atomic E-state index is -0.337. The van der Waals surface area contributed by atoms with Gasteiger partial charge in [-0.1, -0.05) is 19.3 Å². The SMILES string of the molecule is Cn1cc(O[C@@H]2CCC[C@@H]3C[C@H]3CCC[C@H]2O)cn1. The minimum absolute atomic E-state index is 0.0699. The molecule has 0 unspecified atom stereocenters. The molecular weight excluding hydrogens is 240 g/mol. The van der Waals surface area contributed by atoms with Gasteiger partial charge in [0.05, 0.1) is 18.5 Å². The Balaban J connectivity index is 1.59. The summed E-state index contributed by atoms with van der Waals surface area (Å²) in [5.74, 6) is 2.70. The largest absolute Gasteiger partial charge is 0.484 e. The Morgan fingerprint density at radius 2 is 1.95 bits per heavy atom. The van der Waals surface area contributed by atoms with E-state index in [4.69, 9.17) is 4.74 Å². The highest BCUT2D eigenvalue weighted by Gasteiger charge is 2.37. The fourth-order valence-corrected chi connectivity index (χ4v) is 3.34. The van der Waals surface area contributed by atoms with Gasteiger partial charge in [0.2, 0.25) is 0 Å². The number of ether oxygens (including phenoxy) is 1. The van der Waals surface area contributed by atoms with Crippen LogP contribution in [0.5, 0.6) is 5.75 Å². The lowest BCUT2D eigenvalue weighted by Crippen LogP contribution is -2.32. The molecule has 2 fully saturated rings. The summed E-state index contributed by atoms with van der Waals surface area (Å²) < 4.78 is 7.67. The van der Waals surface area contributed by atoms with Crippen molar-refractivity contribution in [3.05, 3.63) is 12.4 Å². The molecule has 0 aromatic carbocycles. The fourth-order valence-electron chi connectivity index (χ4n) is 3.34. The van der Waals surface area contributed by atoms with Crippen LogP contribution in [0.3, 0.4) is 0 Å². The van der Waals surface area contributed by atoms with E-state index in [-0.39, 0.29) is 12.2 Å². The summed E-state index contributed by atoms with van der Waals surface area (Å²) in [6.07, 6.45) is 11.3. The van der Waals surface area contributed by atoms with Crippen LogP contribution >= 0.6 is 0 Å². The van der Waals surface area contributed by atoms with Crippen molar-refractivity contribution < 1.29 is 9.84 Å². The van der Waals surface area contributed by atoms with E-state index in [2.05, 4.69) is 5.10 Å². The van der Waals surface area contributed by atoms with Gasteiger partial charge >= 0.3 is 0 Å². The van der Waals surface area contributed by atoms with Crippen molar-refractivity contribution in [2.75, 3.05) is 0 Å².